The van der Waals surface area contributed by atoms with Crippen molar-refractivity contribution in [2.45, 2.75) is 6.17 Å². The highest BCUT2D eigenvalue weighted by Crippen LogP contribution is 2.26. The Morgan fingerprint density at radius 1 is 1.37 bits per heavy atom. The van der Waals surface area contributed by atoms with Crippen LogP contribution in [0.3, 0.4) is 0 Å². The summed E-state index contributed by atoms with van der Waals surface area (Å²) in [5, 5.41) is 6.80. The maximum absolute atomic E-state index is 4.07. The largest absolute Gasteiger partial charge is 0.376 e. The predicted octanol–water partition coefficient (Wildman–Crippen LogP) is 0.722. The molecule has 19 heavy (non-hydrogen) atoms. The summed E-state index contributed by atoms with van der Waals surface area (Å²) in [5.41, 5.74) is 4.66. The van der Waals surface area contributed by atoms with Crippen LogP contribution >= 0.6 is 0 Å². The number of nitrogens with one attached hydrogen (secondary N) is 2. The Morgan fingerprint density at radius 2 is 2.16 bits per heavy atom. The third-order valence-electron chi connectivity index (χ3n) is 3.41. The van der Waals surface area contributed by atoms with Crippen LogP contribution in [-0.4, -0.2) is 41.7 Å². The minimum atomic E-state index is 0.141. The molecule has 5 nitrogen and oxygen atoms in total. The molecular weight excluding hydrogens is 238 g/mol. The van der Waals surface area contributed by atoms with Crippen molar-refractivity contribution in [3.8, 4) is 0 Å². The molecule has 3 heterocycles. The third-order valence-corrected chi connectivity index (χ3v) is 3.41. The molecule has 0 bridgehead atoms. The Balaban J connectivity index is 2.00. The molecule has 0 aliphatic carbocycles. The van der Waals surface area contributed by atoms with Crippen LogP contribution in [0.2, 0.25) is 0 Å². The highest BCUT2D eigenvalue weighted by molar-refractivity contribution is 5.70. The normalized spacial score (nSPS) is 21.9. The fourth-order valence-corrected chi connectivity index (χ4v) is 2.42. The van der Waals surface area contributed by atoms with E-state index in [4.69, 9.17) is 0 Å². The molecule has 0 radical (unpaired) electrons. The lowest BCUT2D eigenvalue weighted by Crippen LogP contribution is -2.46. The molecule has 5 heteroatoms. The Kier molecular flexibility index (Phi) is 3.05. The number of nitrogens with zero attached hydrogens (tertiary/aromatic N) is 3. The van der Waals surface area contributed by atoms with Crippen LogP contribution in [0, 0.1) is 0 Å². The molecule has 0 fully saturated rings. The van der Waals surface area contributed by atoms with Gasteiger partial charge >= 0.3 is 0 Å². The first-order chi connectivity index (χ1) is 9.28. The van der Waals surface area contributed by atoms with Gasteiger partial charge in [0.05, 0.1) is 0 Å². The van der Waals surface area contributed by atoms with Crippen molar-refractivity contribution in [3.05, 3.63) is 53.8 Å². The summed E-state index contributed by atoms with van der Waals surface area (Å²) >= 11 is 0. The van der Waals surface area contributed by atoms with Gasteiger partial charge < -0.3 is 10.2 Å². The Bertz CT molecular complexity index is 558. The molecule has 1 aromatic heterocycles. The summed E-state index contributed by atoms with van der Waals surface area (Å²) in [4.78, 5) is 10.3. The first-order valence-electron chi connectivity index (χ1n) is 6.30. The minimum Gasteiger partial charge on any atom is -0.376 e. The number of rotatable bonds is 2. The predicted molar refractivity (Wildman–Crippen MR) is 74.8 cm³/mol. The lowest BCUT2D eigenvalue weighted by molar-refractivity contribution is 0.445. The van der Waals surface area contributed by atoms with Crippen LogP contribution < -0.4 is 10.6 Å². The fourth-order valence-electron chi connectivity index (χ4n) is 2.42. The number of aromatic nitrogens is 2. The second-order valence-corrected chi connectivity index (χ2v) is 4.76. The Morgan fingerprint density at radius 3 is 2.89 bits per heavy atom. The first kappa shape index (κ1) is 11.9. The second-order valence-electron chi connectivity index (χ2n) is 4.76. The third kappa shape index (κ3) is 2.24. The minimum absolute atomic E-state index is 0.141. The maximum Gasteiger partial charge on any atom is 0.115 e. The van der Waals surface area contributed by atoms with E-state index >= 15 is 0 Å². The molecule has 0 saturated carbocycles. The highest BCUT2D eigenvalue weighted by atomic mass is 15.2. The van der Waals surface area contributed by atoms with Gasteiger partial charge in [-0.15, -0.1) is 0 Å². The van der Waals surface area contributed by atoms with Gasteiger partial charge in [-0.3, -0.25) is 5.32 Å². The van der Waals surface area contributed by atoms with Crippen LogP contribution in [0.4, 0.5) is 0 Å². The van der Waals surface area contributed by atoms with Crippen molar-refractivity contribution in [2.75, 3.05) is 20.6 Å². The van der Waals surface area contributed by atoms with Gasteiger partial charge in [0.2, 0.25) is 0 Å². The first-order valence-corrected chi connectivity index (χ1v) is 6.30. The number of dihydropyridines is 1. The topological polar surface area (TPSA) is 53.1 Å². The number of allylic oxidation sites excluding steroid dienone is 3. The molecule has 0 aromatic carbocycles. The van der Waals surface area contributed by atoms with Gasteiger partial charge in [0.1, 0.15) is 12.5 Å². The zero-order valence-corrected chi connectivity index (χ0v) is 11.1. The van der Waals surface area contributed by atoms with E-state index in [1.54, 1.807) is 6.33 Å². The molecular formula is C14H17N5. The smallest absolute Gasteiger partial charge is 0.115 e. The molecule has 2 aliphatic rings. The molecule has 0 spiro atoms. The van der Waals surface area contributed by atoms with Gasteiger partial charge in [-0.1, -0.05) is 0 Å². The van der Waals surface area contributed by atoms with Crippen molar-refractivity contribution >= 4 is 5.70 Å². The van der Waals surface area contributed by atoms with Gasteiger partial charge in [0, 0.05) is 37.2 Å². The molecule has 98 valence electrons. The monoisotopic (exact) mass is 255 g/mol. The standard InChI is InChI=1S/C14H17N5/c1-15-14-12-8-19(2)4-3-10(12)5-13(18-14)11-6-16-9-17-7-11/h3-7,9,14-15,18H,8H2,1-2H3. The van der Waals surface area contributed by atoms with Crippen molar-refractivity contribution in [1.82, 2.24) is 25.5 Å². The zero-order valence-electron chi connectivity index (χ0n) is 11.1. The van der Waals surface area contributed by atoms with Gasteiger partial charge in [0.25, 0.3) is 0 Å². The summed E-state index contributed by atoms with van der Waals surface area (Å²) in [6.45, 7) is 0.930. The van der Waals surface area contributed by atoms with Gasteiger partial charge in [-0.2, -0.15) is 0 Å². The van der Waals surface area contributed by atoms with Crippen molar-refractivity contribution < 1.29 is 0 Å². The molecule has 0 saturated heterocycles. The van der Waals surface area contributed by atoms with Gasteiger partial charge in [0.15, 0.2) is 0 Å². The van der Waals surface area contributed by atoms with Crippen LogP contribution in [-0.2, 0) is 0 Å². The molecule has 1 aromatic rings. The van der Waals surface area contributed by atoms with E-state index in [1.165, 1.54) is 11.1 Å². The molecule has 2 N–H and O–H groups in total. The SMILES string of the molecule is CNC1NC(c2cncnc2)=CC2=C1CN(C)C=C2. The average molecular weight is 255 g/mol. The molecule has 0 amide bonds. The lowest BCUT2D eigenvalue weighted by atomic mass is 9.96. The van der Waals surface area contributed by atoms with E-state index in [2.05, 4.69) is 50.9 Å². The van der Waals surface area contributed by atoms with Crippen molar-refractivity contribution in [1.29, 1.82) is 0 Å². The van der Waals surface area contributed by atoms with Crippen LogP contribution in [0.5, 0.6) is 0 Å². The molecule has 1 atom stereocenters. The molecule has 1 unspecified atom stereocenters. The second kappa shape index (κ2) is 4.85. The van der Waals surface area contributed by atoms with Crippen LogP contribution in [0.25, 0.3) is 5.70 Å². The Labute approximate surface area is 112 Å². The summed E-state index contributed by atoms with van der Waals surface area (Å²) in [6, 6.07) is 0. The number of likely N-dealkylation sites (N-methyl/N-ethyl adjacent to an activating group) is 2. The molecule has 2 aliphatic heterocycles. The van der Waals surface area contributed by atoms with Gasteiger partial charge in [-0.25, -0.2) is 9.97 Å². The lowest BCUT2D eigenvalue weighted by Gasteiger charge is -2.34. The maximum atomic E-state index is 4.07. The fraction of sp³-hybridized carbons (Fsp3) is 0.286. The Hall–Kier alpha value is -2.14. The number of hydrogen-bond donors (Lipinski definition) is 2. The summed E-state index contributed by atoms with van der Waals surface area (Å²) < 4.78 is 0. The zero-order chi connectivity index (χ0) is 13.2. The van der Waals surface area contributed by atoms with Gasteiger partial charge in [-0.05, 0) is 36.5 Å². The number of hydrogen-bond acceptors (Lipinski definition) is 5. The van der Waals surface area contributed by atoms with Crippen molar-refractivity contribution in [3.63, 3.8) is 0 Å². The molecule has 3 rings (SSSR count). The van der Waals surface area contributed by atoms with E-state index < -0.39 is 0 Å². The average Bonchev–Trinajstić information content (AvgIpc) is 2.47. The van der Waals surface area contributed by atoms with Crippen molar-refractivity contribution in [2.24, 2.45) is 0 Å². The summed E-state index contributed by atoms with van der Waals surface area (Å²) in [6.07, 6.45) is 11.7. The van der Waals surface area contributed by atoms with E-state index in [0.717, 1.165) is 17.8 Å². The van der Waals surface area contributed by atoms with Crippen LogP contribution in [0.1, 0.15) is 5.56 Å². The van der Waals surface area contributed by atoms with Crippen LogP contribution in [0.15, 0.2) is 48.2 Å². The van der Waals surface area contributed by atoms with E-state index in [9.17, 15) is 0 Å². The van der Waals surface area contributed by atoms with E-state index in [1.807, 2.05) is 19.4 Å². The summed E-state index contributed by atoms with van der Waals surface area (Å²) in [7, 11) is 4.04. The summed E-state index contributed by atoms with van der Waals surface area (Å²) in [5.74, 6) is 0. The highest BCUT2D eigenvalue weighted by Gasteiger charge is 2.24. The van der Waals surface area contributed by atoms with E-state index in [-0.39, 0.29) is 6.17 Å². The quantitative estimate of drug-likeness (QED) is 0.815. The van der Waals surface area contributed by atoms with E-state index in [0.29, 0.717) is 0 Å².